The molecular weight excluding hydrogens is 259 g/mol. The predicted molar refractivity (Wildman–Crippen MR) is 95.4 cm³/mol. The van der Waals surface area contributed by atoms with Gasteiger partial charge in [0.2, 0.25) is 0 Å². The van der Waals surface area contributed by atoms with Gasteiger partial charge in [0.05, 0.1) is 0 Å². The van der Waals surface area contributed by atoms with Gasteiger partial charge in [0.15, 0.2) is 0 Å². The number of hydrogen-bond donors (Lipinski definition) is 0. The number of rotatable bonds is 2. The normalized spacial score (nSPS) is 10.6. The van der Waals surface area contributed by atoms with Crippen LogP contribution >= 0.6 is 7.92 Å². The highest BCUT2D eigenvalue weighted by atomic mass is 31.1. The lowest BCUT2D eigenvalue weighted by molar-refractivity contribution is 1.41. The lowest BCUT2D eigenvalue weighted by atomic mass is 10.0. The van der Waals surface area contributed by atoms with Crippen LogP contribution in [0.1, 0.15) is 13.8 Å². The van der Waals surface area contributed by atoms with Gasteiger partial charge in [-0.25, -0.2) is 0 Å². The molecule has 0 unspecified atom stereocenters. The zero-order chi connectivity index (χ0) is 14.4. The lowest BCUT2D eigenvalue weighted by Gasteiger charge is -2.00. The molecule has 0 radical (unpaired) electrons. The van der Waals surface area contributed by atoms with Gasteiger partial charge in [-0.2, -0.15) is 0 Å². The molecule has 0 nitrogen and oxygen atoms in total. The van der Waals surface area contributed by atoms with Crippen molar-refractivity contribution in [2.24, 2.45) is 0 Å². The van der Waals surface area contributed by atoms with Crippen LogP contribution in [0.15, 0.2) is 60.7 Å². The molecule has 0 spiro atoms. The van der Waals surface area contributed by atoms with Gasteiger partial charge in [-0.3, -0.25) is 0 Å². The fraction of sp³-hybridized carbons (Fsp3) is 0.263. The maximum atomic E-state index is 2.34. The molecular formula is C19H23P. The predicted octanol–water partition coefficient (Wildman–Crippen LogP) is 6.13. The molecule has 3 aromatic carbocycles. The van der Waals surface area contributed by atoms with Crippen LogP contribution in [0, 0.1) is 0 Å². The summed E-state index contributed by atoms with van der Waals surface area (Å²) in [4.78, 5) is 0. The highest BCUT2D eigenvalue weighted by Gasteiger charge is 1.95. The summed E-state index contributed by atoms with van der Waals surface area (Å²) in [5.41, 5.74) is 0. The Labute approximate surface area is 123 Å². The van der Waals surface area contributed by atoms with Crippen LogP contribution in [-0.2, 0) is 0 Å². The topological polar surface area (TPSA) is 0 Å². The minimum Gasteiger partial charge on any atom is -0.110 e. The van der Waals surface area contributed by atoms with E-state index in [1.54, 1.807) is 0 Å². The van der Waals surface area contributed by atoms with Gasteiger partial charge in [0.25, 0.3) is 0 Å². The Morgan fingerprint density at radius 3 is 1.15 bits per heavy atom. The third-order valence-corrected chi connectivity index (χ3v) is 5.85. The molecule has 0 saturated carbocycles. The van der Waals surface area contributed by atoms with Crippen molar-refractivity contribution in [1.29, 1.82) is 0 Å². The van der Waals surface area contributed by atoms with E-state index in [4.69, 9.17) is 0 Å². The van der Waals surface area contributed by atoms with E-state index >= 15 is 0 Å². The molecule has 20 heavy (non-hydrogen) atoms. The van der Waals surface area contributed by atoms with Gasteiger partial charge in [-0.15, -0.1) is 7.92 Å². The zero-order valence-electron chi connectivity index (χ0n) is 12.6. The van der Waals surface area contributed by atoms with Gasteiger partial charge in [-0.05, 0) is 52.7 Å². The molecule has 0 heterocycles. The third-order valence-electron chi connectivity index (χ3n) is 3.69. The molecule has 0 aliphatic heterocycles. The maximum absolute atomic E-state index is 2.34. The second-order valence-corrected chi connectivity index (χ2v) is 8.01. The fourth-order valence-corrected chi connectivity index (χ4v) is 2.55. The first-order valence-corrected chi connectivity index (χ1v) is 9.46. The first-order valence-electron chi connectivity index (χ1n) is 7.30. The summed E-state index contributed by atoms with van der Waals surface area (Å²) < 4.78 is 0. The Morgan fingerprint density at radius 2 is 0.950 bits per heavy atom. The van der Waals surface area contributed by atoms with Crippen LogP contribution in [0.2, 0.25) is 0 Å². The molecule has 0 fully saturated rings. The van der Waals surface area contributed by atoms with Crippen molar-refractivity contribution < 1.29 is 0 Å². The SMILES string of the molecule is CCP(C)CC.c1ccc2cc3ccccc3cc2c1. The highest BCUT2D eigenvalue weighted by molar-refractivity contribution is 7.56. The number of hydrogen-bond acceptors (Lipinski definition) is 0. The Kier molecular flexibility index (Phi) is 5.56. The van der Waals surface area contributed by atoms with E-state index in [1.807, 2.05) is 0 Å². The Morgan fingerprint density at radius 1 is 0.650 bits per heavy atom. The van der Waals surface area contributed by atoms with E-state index in [1.165, 1.54) is 33.9 Å². The minimum atomic E-state index is 0.424. The average Bonchev–Trinajstić information content (AvgIpc) is 2.52. The second kappa shape index (κ2) is 7.41. The molecule has 0 amide bonds. The molecule has 0 aromatic heterocycles. The van der Waals surface area contributed by atoms with Crippen LogP contribution < -0.4 is 0 Å². The van der Waals surface area contributed by atoms with E-state index in [0.717, 1.165) is 0 Å². The van der Waals surface area contributed by atoms with Crippen molar-refractivity contribution >= 4 is 29.5 Å². The highest BCUT2D eigenvalue weighted by Crippen LogP contribution is 2.27. The molecule has 3 aromatic rings. The Balaban J connectivity index is 0.000000212. The maximum Gasteiger partial charge on any atom is -0.0178 e. The van der Waals surface area contributed by atoms with E-state index in [2.05, 4.69) is 81.2 Å². The monoisotopic (exact) mass is 282 g/mol. The summed E-state index contributed by atoms with van der Waals surface area (Å²) in [6, 6.07) is 21.4. The zero-order valence-corrected chi connectivity index (χ0v) is 13.5. The lowest BCUT2D eigenvalue weighted by Crippen LogP contribution is -1.75. The molecule has 0 aliphatic carbocycles. The number of benzene rings is 3. The first kappa shape index (κ1) is 15.0. The van der Waals surface area contributed by atoms with Crippen LogP contribution in [0.4, 0.5) is 0 Å². The average molecular weight is 282 g/mol. The van der Waals surface area contributed by atoms with Crippen molar-refractivity contribution in [2.75, 3.05) is 19.0 Å². The molecule has 1 heteroatoms. The molecule has 0 bridgehead atoms. The molecule has 0 atom stereocenters. The summed E-state index contributed by atoms with van der Waals surface area (Å²) in [6.45, 7) is 6.86. The van der Waals surface area contributed by atoms with Crippen molar-refractivity contribution in [1.82, 2.24) is 0 Å². The van der Waals surface area contributed by atoms with E-state index in [9.17, 15) is 0 Å². The third kappa shape index (κ3) is 3.81. The summed E-state index contributed by atoms with van der Waals surface area (Å²) in [7, 11) is 0.424. The van der Waals surface area contributed by atoms with Crippen molar-refractivity contribution in [3.8, 4) is 0 Å². The summed E-state index contributed by atoms with van der Waals surface area (Å²) >= 11 is 0. The second-order valence-electron chi connectivity index (χ2n) is 5.04. The molecule has 0 saturated heterocycles. The smallest absolute Gasteiger partial charge is 0.0178 e. The van der Waals surface area contributed by atoms with Crippen LogP contribution in [0.5, 0.6) is 0 Å². The van der Waals surface area contributed by atoms with Crippen molar-refractivity contribution in [3.05, 3.63) is 60.7 Å². The van der Waals surface area contributed by atoms with Crippen LogP contribution in [-0.4, -0.2) is 19.0 Å². The Bertz CT molecular complexity index is 563. The summed E-state index contributed by atoms with van der Waals surface area (Å²) in [5.74, 6) is 0. The van der Waals surface area contributed by atoms with Crippen molar-refractivity contribution in [3.63, 3.8) is 0 Å². The van der Waals surface area contributed by atoms with Crippen LogP contribution in [0.25, 0.3) is 21.5 Å². The minimum absolute atomic E-state index is 0.424. The Hall–Kier alpha value is -1.39. The number of fused-ring (bicyclic) bond motifs is 2. The summed E-state index contributed by atoms with van der Waals surface area (Å²) in [5, 5.41) is 5.25. The van der Waals surface area contributed by atoms with Crippen LogP contribution in [0.3, 0.4) is 0 Å². The van der Waals surface area contributed by atoms with Gasteiger partial charge < -0.3 is 0 Å². The molecule has 0 N–H and O–H groups in total. The van der Waals surface area contributed by atoms with E-state index in [0.29, 0.717) is 7.92 Å². The largest absolute Gasteiger partial charge is 0.110 e. The quantitative estimate of drug-likeness (QED) is 0.391. The standard InChI is InChI=1S/C14H10.C5H13P/c1-2-6-12-10-14-8-4-3-7-13(14)9-11(12)5-1;1-4-6(3)5-2/h1-10H;4-5H2,1-3H3. The first-order chi connectivity index (χ1) is 9.74. The van der Waals surface area contributed by atoms with Gasteiger partial charge in [0.1, 0.15) is 0 Å². The molecule has 3 rings (SSSR count). The van der Waals surface area contributed by atoms with Gasteiger partial charge in [0, 0.05) is 0 Å². The van der Waals surface area contributed by atoms with Gasteiger partial charge in [-0.1, -0.05) is 62.4 Å². The molecule has 104 valence electrons. The van der Waals surface area contributed by atoms with Crippen molar-refractivity contribution in [2.45, 2.75) is 13.8 Å². The summed E-state index contributed by atoms with van der Waals surface area (Å²) in [6.07, 6.45) is 2.79. The fourth-order valence-electron chi connectivity index (χ4n) is 2.11. The molecule has 0 aliphatic rings. The van der Waals surface area contributed by atoms with Gasteiger partial charge >= 0.3 is 0 Å². The van der Waals surface area contributed by atoms with E-state index in [-0.39, 0.29) is 0 Å². The van der Waals surface area contributed by atoms with E-state index < -0.39 is 0 Å².